The van der Waals surface area contributed by atoms with Crippen LogP contribution in [0.2, 0.25) is 5.02 Å². The number of fused-ring (bicyclic) bond motifs is 1. The van der Waals surface area contributed by atoms with E-state index in [0.717, 1.165) is 45.6 Å². The summed E-state index contributed by atoms with van der Waals surface area (Å²) in [6.07, 6.45) is 0.879. The van der Waals surface area contributed by atoms with Crippen LogP contribution >= 0.6 is 34.3 Å². The highest BCUT2D eigenvalue weighted by atomic mass is 35.5. The Hall–Kier alpha value is -2.03. The largest absolute Gasteiger partial charge is 0.495 e. The molecule has 9 heteroatoms. The van der Waals surface area contributed by atoms with Gasteiger partial charge in [0.05, 0.1) is 22.4 Å². The maximum Gasteiger partial charge on any atom is 0.261 e. The van der Waals surface area contributed by atoms with Crippen LogP contribution in [0.4, 0.5) is 10.8 Å². The Kier molecular flexibility index (Phi) is 5.35. The summed E-state index contributed by atoms with van der Waals surface area (Å²) in [6, 6.07) is 7.62. The number of carbonyl (C=O) groups excluding carboxylic acids is 1. The molecule has 1 aliphatic rings. The highest BCUT2D eigenvalue weighted by molar-refractivity contribution is 7.29. The number of nitrogens with zero attached hydrogens (tertiary/aromatic N) is 3. The summed E-state index contributed by atoms with van der Waals surface area (Å²) >= 11 is 9.19. The van der Waals surface area contributed by atoms with Crippen molar-refractivity contribution in [2.24, 2.45) is 0 Å². The molecule has 1 aliphatic heterocycles. The highest BCUT2D eigenvalue weighted by Crippen LogP contribution is 2.35. The lowest BCUT2D eigenvalue weighted by Gasteiger charge is -2.21. The predicted molar refractivity (Wildman–Crippen MR) is 118 cm³/mol. The summed E-state index contributed by atoms with van der Waals surface area (Å²) in [5, 5.41) is 4.78. The van der Waals surface area contributed by atoms with Crippen molar-refractivity contribution in [3.63, 3.8) is 0 Å². The zero-order valence-corrected chi connectivity index (χ0v) is 18.2. The maximum absolute atomic E-state index is 12.7. The van der Waals surface area contributed by atoms with Crippen molar-refractivity contribution < 1.29 is 9.53 Å². The third-order valence-electron chi connectivity index (χ3n) is 4.69. The monoisotopic (exact) mass is 436 g/mol. The molecule has 3 heterocycles. The number of carbonyl (C=O) groups is 1. The molecule has 1 atom stereocenters. The number of hydrogen-bond donors (Lipinski definition) is 1. The van der Waals surface area contributed by atoms with Crippen LogP contribution in [0.25, 0.3) is 9.53 Å². The number of anilines is 2. The average molecular weight is 437 g/mol. The van der Waals surface area contributed by atoms with E-state index >= 15 is 0 Å². The quantitative estimate of drug-likeness (QED) is 0.652. The Labute approximate surface area is 176 Å². The Morgan fingerprint density at radius 3 is 2.89 bits per heavy atom. The van der Waals surface area contributed by atoms with Crippen molar-refractivity contribution >= 4 is 60.5 Å². The lowest BCUT2D eigenvalue weighted by atomic mass is 10.2. The van der Waals surface area contributed by atoms with Crippen LogP contribution in [-0.4, -0.2) is 51.2 Å². The predicted octanol–water partition coefficient (Wildman–Crippen LogP) is 4.09. The number of thiazole rings is 1. The van der Waals surface area contributed by atoms with Gasteiger partial charge in [0, 0.05) is 38.2 Å². The maximum atomic E-state index is 12.7. The van der Waals surface area contributed by atoms with Crippen molar-refractivity contribution in [1.82, 2.24) is 10.3 Å². The van der Waals surface area contributed by atoms with Gasteiger partial charge in [-0.05, 0) is 30.7 Å². The Morgan fingerprint density at radius 1 is 1.36 bits per heavy atom. The summed E-state index contributed by atoms with van der Waals surface area (Å²) in [4.78, 5) is 23.1. The first kappa shape index (κ1) is 19.3. The number of aromatic nitrogens is 1. The van der Waals surface area contributed by atoms with E-state index < -0.39 is 0 Å². The molecule has 3 aromatic rings. The topological polar surface area (TPSA) is 57.7 Å². The molecule has 28 heavy (non-hydrogen) atoms. The van der Waals surface area contributed by atoms with E-state index in [9.17, 15) is 4.79 Å². The molecule has 4 rings (SSSR count). The van der Waals surface area contributed by atoms with E-state index in [0.29, 0.717) is 9.90 Å². The standard InChI is InChI=1S/C19H21ClN4O2S2/c1-23(2)19-22-18-16(28-19)9-15(27-18)17(25)21-12-6-7-24(10-12)13-8-11(20)4-5-14(13)26-3/h4-5,8-9,12H,6-7,10H2,1-3H3,(H,21,25). The molecular weight excluding hydrogens is 416 g/mol. The van der Waals surface area contributed by atoms with Crippen molar-refractivity contribution in [2.75, 3.05) is 44.1 Å². The normalized spacial score (nSPS) is 16.6. The van der Waals surface area contributed by atoms with Crippen LogP contribution < -0.4 is 19.9 Å². The van der Waals surface area contributed by atoms with E-state index in [2.05, 4.69) is 15.2 Å². The molecule has 1 unspecified atom stereocenters. The van der Waals surface area contributed by atoms with E-state index in [1.54, 1.807) is 18.4 Å². The molecule has 0 radical (unpaired) electrons. The SMILES string of the molecule is COc1ccc(Cl)cc1N1CCC(NC(=O)c2cc3sc(N(C)C)nc3s2)C1. The van der Waals surface area contributed by atoms with Crippen LogP contribution in [0.1, 0.15) is 16.1 Å². The van der Waals surface area contributed by atoms with Gasteiger partial charge in [-0.3, -0.25) is 4.79 Å². The number of hydrogen-bond acceptors (Lipinski definition) is 7. The van der Waals surface area contributed by atoms with Crippen LogP contribution in [0.3, 0.4) is 0 Å². The first-order valence-electron chi connectivity index (χ1n) is 8.91. The summed E-state index contributed by atoms with van der Waals surface area (Å²) in [5.41, 5.74) is 0.962. The molecule has 2 aromatic heterocycles. The smallest absolute Gasteiger partial charge is 0.261 e. The number of nitrogens with one attached hydrogen (secondary N) is 1. The van der Waals surface area contributed by atoms with Gasteiger partial charge in [0.1, 0.15) is 10.6 Å². The molecule has 1 fully saturated rings. The fraction of sp³-hybridized carbons (Fsp3) is 0.368. The first-order valence-corrected chi connectivity index (χ1v) is 10.9. The van der Waals surface area contributed by atoms with Gasteiger partial charge in [0.2, 0.25) is 0 Å². The van der Waals surface area contributed by atoms with Crippen molar-refractivity contribution in [1.29, 1.82) is 0 Å². The summed E-state index contributed by atoms with van der Waals surface area (Å²) in [7, 11) is 5.59. The molecule has 6 nitrogen and oxygen atoms in total. The second-order valence-electron chi connectivity index (χ2n) is 6.89. The van der Waals surface area contributed by atoms with E-state index in [4.69, 9.17) is 16.3 Å². The molecule has 1 aromatic carbocycles. The molecule has 0 aliphatic carbocycles. The van der Waals surface area contributed by atoms with Crippen molar-refractivity contribution in [2.45, 2.75) is 12.5 Å². The van der Waals surface area contributed by atoms with Crippen molar-refractivity contribution in [3.05, 3.63) is 34.2 Å². The number of thiophene rings is 1. The summed E-state index contributed by atoms with van der Waals surface area (Å²) in [5.74, 6) is 0.754. The molecule has 148 valence electrons. The second-order valence-corrected chi connectivity index (χ2v) is 9.37. The number of rotatable bonds is 5. The fourth-order valence-electron chi connectivity index (χ4n) is 3.29. The highest BCUT2D eigenvalue weighted by Gasteiger charge is 2.27. The van der Waals surface area contributed by atoms with Crippen LogP contribution in [-0.2, 0) is 0 Å². The van der Waals surface area contributed by atoms with Crippen molar-refractivity contribution in [3.8, 4) is 5.75 Å². The Morgan fingerprint density at radius 2 is 2.18 bits per heavy atom. The average Bonchev–Trinajstić information content (AvgIpc) is 3.36. The van der Waals surface area contributed by atoms with Gasteiger partial charge in [-0.15, -0.1) is 11.3 Å². The molecule has 1 saturated heterocycles. The van der Waals surface area contributed by atoms with Crippen LogP contribution in [0, 0.1) is 0 Å². The minimum Gasteiger partial charge on any atom is -0.495 e. The minimum atomic E-state index is -0.0356. The van der Waals surface area contributed by atoms with Crippen LogP contribution in [0.15, 0.2) is 24.3 Å². The van der Waals surface area contributed by atoms with Gasteiger partial charge in [-0.1, -0.05) is 22.9 Å². The lowest BCUT2D eigenvalue weighted by Crippen LogP contribution is -2.36. The van der Waals surface area contributed by atoms with Gasteiger partial charge in [-0.2, -0.15) is 0 Å². The zero-order chi connectivity index (χ0) is 19.8. The van der Waals surface area contributed by atoms with E-state index in [1.165, 1.54) is 11.3 Å². The van der Waals surface area contributed by atoms with Crippen LogP contribution in [0.5, 0.6) is 5.75 Å². The molecule has 1 N–H and O–H groups in total. The number of methoxy groups -OCH3 is 1. The second kappa shape index (κ2) is 7.77. The molecule has 1 amide bonds. The van der Waals surface area contributed by atoms with E-state index in [-0.39, 0.29) is 11.9 Å². The minimum absolute atomic E-state index is 0.0356. The molecule has 0 bridgehead atoms. The first-order chi connectivity index (χ1) is 13.4. The number of halogens is 1. The van der Waals surface area contributed by atoms with Gasteiger partial charge < -0.3 is 19.9 Å². The van der Waals surface area contributed by atoms with Gasteiger partial charge >= 0.3 is 0 Å². The van der Waals surface area contributed by atoms with Gasteiger partial charge in [0.25, 0.3) is 5.91 Å². The number of amides is 1. The molecule has 0 saturated carbocycles. The molecule has 0 spiro atoms. The summed E-state index contributed by atoms with van der Waals surface area (Å²) < 4.78 is 6.51. The zero-order valence-electron chi connectivity index (χ0n) is 15.9. The fourth-order valence-corrected chi connectivity index (χ4v) is 5.49. The Bertz CT molecular complexity index is 985. The van der Waals surface area contributed by atoms with Gasteiger partial charge in [0.15, 0.2) is 5.13 Å². The third kappa shape index (κ3) is 3.76. The summed E-state index contributed by atoms with van der Waals surface area (Å²) in [6.45, 7) is 1.57. The third-order valence-corrected chi connectivity index (χ3v) is 7.25. The van der Waals surface area contributed by atoms with Gasteiger partial charge in [-0.25, -0.2) is 4.98 Å². The lowest BCUT2D eigenvalue weighted by molar-refractivity contribution is 0.0944. The van der Waals surface area contributed by atoms with E-state index in [1.807, 2.05) is 43.3 Å². The number of benzene rings is 1. The number of ether oxygens (including phenoxy) is 1. The Balaban J connectivity index is 1.43. The molecular formula is C19H21ClN4O2S2.